The molecule has 1 amide bonds. The maximum absolute atomic E-state index is 13.0. The van der Waals surface area contributed by atoms with E-state index >= 15 is 0 Å². The van der Waals surface area contributed by atoms with Crippen LogP contribution in [-0.4, -0.2) is 20.0 Å². The minimum absolute atomic E-state index is 0.0888. The Morgan fingerprint density at radius 3 is 2.50 bits per heavy atom. The normalized spacial score (nSPS) is 10.9. The van der Waals surface area contributed by atoms with Crippen molar-refractivity contribution >= 4 is 28.7 Å². The summed E-state index contributed by atoms with van der Waals surface area (Å²) in [6.45, 7) is 0.273. The molecule has 1 N–H and O–H groups in total. The van der Waals surface area contributed by atoms with Crippen molar-refractivity contribution in [1.29, 1.82) is 0 Å². The number of benzene rings is 2. The molecule has 0 aliphatic heterocycles. The third kappa shape index (κ3) is 3.54. The number of para-hydroxylation sites is 1. The summed E-state index contributed by atoms with van der Waals surface area (Å²) in [5, 5.41) is 3.48. The number of hydrogen-bond acceptors (Lipinski definition) is 3. The number of halogens is 1. The van der Waals surface area contributed by atoms with Gasteiger partial charge in [0.2, 0.25) is 5.91 Å². The van der Waals surface area contributed by atoms with Gasteiger partial charge in [-0.2, -0.15) is 0 Å². The van der Waals surface area contributed by atoms with Crippen molar-refractivity contribution in [3.63, 3.8) is 0 Å². The van der Waals surface area contributed by atoms with Crippen molar-refractivity contribution in [3.8, 4) is 5.69 Å². The highest BCUT2D eigenvalue weighted by Crippen LogP contribution is 2.15. The first-order valence-electron chi connectivity index (χ1n) is 8.76. The number of pyridine rings is 1. The van der Waals surface area contributed by atoms with Crippen LogP contribution in [0.3, 0.4) is 0 Å². The van der Waals surface area contributed by atoms with Crippen molar-refractivity contribution in [3.05, 3.63) is 94.0 Å². The maximum atomic E-state index is 13.0. The third-order valence-electron chi connectivity index (χ3n) is 4.41. The van der Waals surface area contributed by atoms with E-state index in [9.17, 15) is 9.59 Å². The molecule has 0 unspecified atom stereocenters. The number of carbonyl (C=O) groups is 1. The topological polar surface area (TPSA) is 68.9 Å². The molecule has 7 heteroatoms. The molecule has 6 nitrogen and oxygen atoms in total. The molecular weight excluding hydrogens is 376 g/mol. The highest BCUT2D eigenvalue weighted by Gasteiger charge is 2.17. The van der Waals surface area contributed by atoms with Gasteiger partial charge in [0, 0.05) is 17.8 Å². The summed E-state index contributed by atoms with van der Waals surface area (Å²) in [6, 6.07) is 20.0. The second-order valence-electron chi connectivity index (χ2n) is 6.29. The summed E-state index contributed by atoms with van der Waals surface area (Å²) in [7, 11) is 0. The van der Waals surface area contributed by atoms with Crippen molar-refractivity contribution in [2.45, 2.75) is 13.1 Å². The molecule has 140 valence electrons. The molecular formula is C21H17ClN4O2. The molecule has 2 aromatic carbocycles. The first-order chi connectivity index (χ1) is 13.6. The van der Waals surface area contributed by atoms with Gasteiger partial charge in [0.05, 0.1) is 11.2 Å². The van der Waals surface area contributed by atoms with E-state index < -0.39 is 0 Å². The number of aromatic nitrogens is 3. The molecule has 0 aliphatic carbocycles. The van der Waals surface area contributed by atoms with Gasteiger partial charge in [-0.25, -0.2) is 14.3 Å². The Bertz CT molecular complexity index is 1180. The highest BCUT2D eigenvalue weighted by molar-refractivity contribution is 6.30. The summed E-state index contributed by atoms with van der Waals surface area (Å²) >= 11 is 5.87. The number of carbonyl (C=O) groups excluding carboxylic acids is 1. The number of imidazole rings is 1. The first kappa shape index (κ1) is 18.0. The lowest BCUT2D eigenvalue weighted by Gasteiger charge is -2.06. The lowest BCUT2D eigenvalue weighted by Crippen LogP contribution is -2.32. The highest BCUT2D eigenvalue weighted by atomic mass is 35.5. The molecule has 0 saturated carbocycles. The smallest absolute Gasteiger partial charge is 0.335 e. The number of nitrogens with zero attached hydrogens (tertiary/aromatic N) is 3. The van der Waals surface area contributed by atoms with E-state index in [1.165, 1.54) is 9.13 Å². The quantitative estimate of drug-likeness (QED) is 0.567. The van der Waals surface area contributed by atoms with Crippen LogP contribution in [-0.2, 0) is 17.9 Å². The molecule has 4 rings (SSSR count). The van der Waals surface area contributed by atoms with E-state index in [-0.39, 0.29) is 18.1 Å². The maximum Gasteiger partial charge on any atom is 0.335 e. The van der Waals surface area contributed by atoms with Crippen LogP contribution in [0.1, 0.15) is 5.56 Å². The zero-order valence-electron chi connectivity index (χ0n) is 14.9. The molecule has 0 saturated heterocycles. The van der Waals surface area contributed by atoms with Crippen molar-refractivity contribution in [1.82, 2.24) is 19.4 Å². The largest absolute Gasteiger partial charge is 0.350 e. The SMILES string of the molecule is O=C(Cn1c(=O)n(-c2ccccc2)c2ncccc21)NCc1ccc(Cl)cc1. The minimum Gasteiger partial charge on any atom is -0.350 e. The number of rotatable bonds is 5. The predicted molar refractivity (Wildman–Crippen MR) is 109 cm³/mol. The van der Waals surface area contributed by atoms with Gasteiger partial charge >= 0.3 is 5.69 Å². The van der Waals surface area contributed by atoms with E-state index in [0.29, 0.717) is 28.4 Å². The van der Waals surface area contributed by atoms with Crippen molar-refractivity contribution in [2.75, 3.05) is 0 Å². The molecule has 4 aromatic rings. The van der Waals surface area contributed by atoms with Crippen LogP contribution in [0.25, 0.3) is 16.9 Å². The van der Waals surface area contributed by atoms with E-state index in [0.717, 1.165) is 5.56 Å². The van der Waals surface area contributed by atoms with Gasteiger partial charge < -0.3 is 5.32 Å². The van der Waals surface area contributed by atoms with Crippen LogP contribution in [0.4, 0.5) is 0 Å². The summed E-state index contributed by atoms with van der Waals surface area (Å²) in [4.78, 5) is 29.8. The lowest BCUT2D eigenvalue weighted by molar-refractivity contribution is -0.121. The Morgan fingerprint density at radius 2 is 1.75 bits per heavy atom. The van der Waals surface area contributed by atoms with Gasteiger partial charge in [-0.05, 0) is 42.0 Å². The van der Waals surface area contributed by atoms with Crippen LogP contribution in [0.15, 0.2) is 77.7 Å². The fraction of sp³-hybridized carbons (Fsp3) is 0.0952. The van der Waals surface area contributed by atoms with Crippen LogP contribution < -0.4 is 11.0 Å². The standard InChI is InChI=1S/C21H17ClN4O2/c22-16-10-8-15(9-11-16)13-24-19(27)14-25-18-7-4-12-23-20(18)26(21(25)28)17-5-2-1-3-6-17/h1-12H,13-14H2,(H,24,27). The van der Waals surface area contributed by atoms with Crippen LogP contribution in [0.2, 0.25) is 5.02 Å². The molecule has 2 aromatic heterocycles. The fourth-order valence-corrected chi connectivity index (χ4v) is 3.18. The molecule has 0 bridgehead atoms. The van der Waals surface area contributed by atoms with E-state index in [2.05, 4.69) is 10.3 Å². The molecule has 0 aliphatic rings. The van der Waals surface area contributed by atoms with E-state index in [4.69, 9.17) is 11.6 Å². The predicted octanol–water partition coefficient (Wildman–Crippen LogP) is 3.16. The molecule has 28 heavy (non-hydrogen) atoms. The molecule has 0 radical (unpaired) electrons. The Morgan fingerprint density at radius 1 is 1.00 bits per heavy atom. The number of fused-ring (bicyclic) bond motifs is 1. The zero-order chi connectivity index (χ0) is 19.5. The molecule has 0 atom stereocenters. The second-order valence-corrected chi connectivity index (χ2v) is 6.73. The Hall–Kier alpha value is -3.38. The third-order valence-corrected chi connectivity index (χ3v) is 4.66. The van der Waals surface area contributed by atoms with Crippen molar-refractivity contribution in [2.24, 2.45) is 0 Å². The Labute approximate surface area is 166 Å². The Balaban J connectivity index is 1.62. The lowest BCUT2D eigenvalue weighted by atomic mass is 10.2. The molecule has 0 spiro atoms. The van der Waals surface area contributed by atoms with Crippen molar-refractivity contribution < 1.29 is 4.79 Å². The van der Waals surface area contributed by atoms with Gasteiger partial charge in [-0.15, -0.1) is 0 Å². The number of nitrogens with one attached hydrogen (secondary N) is 1. The Kier molecular flexibility index (Phi) is 4.95. The van der Waals surface area contributed by atoms with Crippen LogP contribution >= 0.6 is 11.6 Å². The summed E-state index contributed by atoms with van der Waals surface area (Å²) < 4.78 is 2.95. The van der Waals surface area contributed by atoms with Gasteiger partial charge in [-0.3, -0.25) is 9.36 Å². The van der Waals surface area contributed by atoms with Gasteiger partial charge in [0.1, 0.15) is 6.54 Å². The van der Waals surface area contributed by atoms with Gasteiger partial charge in [-0.1, -0.05) is 41.9 Å². The summed E-state index contributed by atoms with van der Waals surface area (Å²) in [5.74, 6) is -0.256. The zero-order valence-corrected chi connectivity index (χ0v) is 15.6. The molecule has 0 fully saturated rings. The first-order valence-corrected chi connectivity index (χ1v) is 9.14. The average Bonchev–Trinajstić information content (AvgIpc) is 3.00. The van der Waals surface area contributed by atoms with E-state index in [1.54, 1.807) is 30.5 Å². The molecule has 2 heterocycles. The van der Waals surface area contributed by atoms with Gasteiger partial charge in [0.15, 0.2) is 5.65 Å². The minimum atomic E-state index is -0.304. The van der Waals surface area contributed by atoms with Crippen LogP contribution in [0.5, 0.6) is 0 Å². The number of amides is 1. The summed E-state index contributed by atoms with van der Waals surface area (Å²) in [5.41, 5.74) is 2.46. The van der Waals surface area contributed by atoms with Crippen LogP contribution in [0, 0.1) is 0 Å². The number of hydrogen-bond donors (Lipinski definition) is 1. The summed E-state index contributed by atoms with van der Waals surface area (Å²) in [6.07, 6.45) is 1.63. The monoisotopic (exact) mass is 392 g/mol. The average molecular weight is 393 g/mol. The fourth-order valence-electron chi connectivity index (χ4n) is 3.05. The van der Waals surface area contributed by atoms with Gasteiger partial charge in [0.25, 0.3) is 0 Å². The second kappa shape index (κ2) is 7.70. The van der Waals surface area contributed by atoms with E-state index in [1.807, 2.05) is 42.5 Å².